The Labute approximate surface area is 124 Å². The quantitative estimate of drug-likeness (QED) is 0.591. The maximum Gasteiger partial charge on any atom is 0.272 e. The minimum atomic E-state index is -0.402. The second-order valence-corrected chi connectivity index (χ2v) is 4.39. The standard InChI is InChI=1S/C13H19N3O3.ClH/c1-10(9-14-2)13(17)15-8-7-11-5-3-4-6-12(11)16(18)19;/h3-6,10,14H,7-9H2,1-2H3,(H,15,17);1H. The van der Waals surface area contributed by atoms with Crippen molar-refractivity contribution in [3.8, 4) is 0 Å². The summed E-state index contributed by atoms with van der Waals surface area (Å²) in [5.74, 6) is -0.163. The summed E-state index contributed by atoms with van der Waals surface area (Å²) in [5.41, 5.74) is 0.731. The number of benzene rings is 1. The van der Waals surface area contributed by atoms with Crippen molar-refractivity contribution in [2.75, 3.05) is 20.1 Å². The molecule has 2 N–H and O–H groups in total. The zero-order valence-electron chi connectivity index (χ0n) is 11.6. The Morgan fingerprint density at radius 3 is 2.65 bits per heavy atom. The number of nitrogens with one attached hydrogen (secondary N) is 2. The van der Waals surface area contributed by atoms with E-state index < -0.39 is 4.92 Å². The predicted octanol–water partition coefficient (Wildman–Crippen LogP) is 1.53. The third kappa shape index (κ3) is 5.54. The summed E-state index contributed by atoms with van der Waals surface area (Å²) in [7, 11) is 1.79. The highest BCUT2D eigenvalue weighted by molar-refractivity contribution is 5.85. The Balaban J connectivity index is 0.00000361. The van der Waals surface area contributed by atoms with E-state index in [0.717, 1.165) is 0 Å². The van der Waals surface area contributed by atoms with Gasteiger partial charge in [0.25, 0.3) is 5.69 Å². The van der Waals surface area contributed by atoms with Crippen molar-refractivity contribution in [2.45, 2.75) is 13.3 Å². The number of carbonyl (C=O) groups excluding carboxylic acids is 1. The average molecular weight is 302 g/mol. The van der Waals surface area contributed by atoms with Crippen molar-refractivity contribution in [3.05, 3.63) is 39.9 Å². The second-order valence-electron chi connectivity index (χ2n) is 4.39. The Bertz CT molecular complexity index is 454. The minimum Gasteiger partial charge on any atom is -0.355 e. The molecule has 0 bridgehead atoms. The van der Waals surface area contributed by atoms with Gasteiger partial charge in [-0.1, -0.05) is 25.1 Å². The number of para-hydroxylation sites is 1. The molecule has 7 heteroatoms. The van der Waals surface area contributed by atoms with Gasteiger partial charge in [-0.2, -0.15) is 0 Å². The molecule has 1 atom stereocenters. The van der Waals surface area contributed by atoms with E-state index in [0.29, 0.717) is 25.1 Å². The van der Waals surface area contributed by atoms with Crippen molar-refractivity contribution >= 4 is 24.0 Å². The van der Waals surface area contributed by atoms with E-state index in [1.807, 2.05) is 6.92 Å². The van der Waals surface area contributed by atoms with Crippen LogP contribution >= 0.6 is 12.4 Å². The molecule has 1 amide bonds. The van der Waals surface area contributed by atoms with E-state index in [-0.39, 0.29) is 29.9 Å². The van der Waals surface area contributed by atoms with Crippen molar-refractivity contribution in [3.63, 3.8) is 0 Å². The number of nitrogens with zero attached hydrogens (tertiary/aromatic N) is 1. The summed E-state index contributed by atoms with van der Waals surface area (Å²) in [6.45, 7) is 2.84. The molecule has 0 aromatic heterocycles. The summed E-state index contributed by atoms with van der Waals surface area (Å²) >= 11 is 0. The number of hydrogen-bond acceptors (Lipinski definition) is 4. The highest BCUT2D eigenvalue weighted by atomic mass is 35.5. The highest BCUT2D eigenvalue weighted by Crippen LogP contribution is 2.17. The fourth-order valence-corrected chi connectivity index (χ4v) is 1.79. The van der Waals surface area contributed by atoms with Crippen LogP contribution in [0.2, 0.25) is 0 Å². The van der Waals surface area contributed by atoms with E-state index in [1.165, 1.54) is 6.07 Å². The number of nitro groups is 1. The lowest BCUT2D eigenvalue weighted by atomic mass is 10.1. The minimum absolute atomic E-state index is 0. The van der Waals surface area contributed by atoms with Gasteiger partial charge in [-0.15, -0.1) is 12.4 Å². The number of nitro benzene ring substituents is 1. The molecule has 0 spiro atoms. The number of amides is 1. The van der Waals surface area contributed by atoms with Gasteiger partial charge in [0.1, 0.15) is 0 Å². The Kier molecular flexibility index (Phi) is 8.51. The van der Waals surface area contributed by atoms with Crippen molar-refractivity contribution in [1.29, 1.82) is 0 Å². The lowest BCUT2D eigenvalue weighted by molar-refractivity contribution is -0.385. The molecule has 20 heavy (non-hydrogen) atoms. The van der Waals surface area contributed by atoms with Crippen LogP contribution in [0.3, 0.4) is 0 Å². The lowest BCUT2D eigenvalue weighted by Crippen LogP contribution is -2.35. The number of hydrogen-bond donors (Lipinski definition) is 2. The normalized spacial score (nSPS) is 11.3. The van der Waals surface area contributed by atoms with Gasteiger partial charge in [-0.25, -0.2) is 0 Å². The molecule has 0 fully saturated rings. The Morgan fingerprint density at radius 1 is 1.40 bits per heavy atom. The number of carbonyl (C=O) groups is 1. The van der Waals surface area contributed by atoms with E-state index in [1.54, 1.807) is 25.2 Å². The summed E-state index contributed by atoms with van der Waals surface area (Å²) in [6, 6.07) is 6.57. The summed E-state index contributed by atoms with van der Waals surface area (Å²) < 4.78 is 0. The molecule has 1 unspecified atom stereocenters. The molecule has 0 aliphatic carbocycles. The number of halogens is 1. The van der Waals surface area contributed by atoms with Gasteiger partial charge in [-0.3, -0.25) is 14.9 Å². The van der Waals surface area contributed by atoms with Crippen molar-refractivity contribution in [2.24, 2.45) is 5.92 Å². The topological polar surface area (TPSA) is 84.3 Å². The van der Waals surface area contributed by atoms with Crippen molar-refractivity contribution in [1.82, 2.24) is 10.6 Å². The fourth-order valence-electron chi connectivity index (χ4n) is 1.79. The monoisotopic (exact) mass is 301 g/mol. The van der Waals surface area contributed by atoms with Gasteiger partial charge in [0.15, 0.2) is 0 Å². The Hall–Kier alpha value is -1.66. The molecule has 6 nitrogen and oxygen atoms in total. The van der Waals surface area contributed by atoms with Crippen LogP contribution in [-0.4, -0.2) is 31.0 Å². The molecule has 0 saturated carbocycles. The van der Waals surface area contributed by atoms with Gasteiger partial charge in [-0.05, 0) is 13.5 Å². The number of rotatable bonds is 7. The Morgan fingerprint density at radius 2 is 2.05 bits per heavy atom. The molecule has 0 aliphatic rings. The van der Waals surface area contributed by atoms with E-state index in [2.05, 4.69) is 10.6 Å². The first kappa shape index (κ1) is 18.3. The fraction of sp³-hybridized carbons (Fsp3) is 0.462. The van der Waals surface area contributed by atoms with Gasteiger partial charge < -0.3 is 10.6 Å². The smallest absolute Gasteiger partial charge is 0.272 e. The molecular weight excluding hydrogens is 282 g/mol. The van der Waals surface area contributed by atoms with Crippen LogP contribution in [0.1, 0.15) is 12.5 Å². The molecule has 1 aromatic carbocycles. The highest BCUT2D eigenvalue weighted by Gasteiger charge is 2.14. The van der Waals surface area contributed by atoms with Gasteiger partial charge >= 0.3 is 0 Å². The van der Waals surface area contributed by atoms with Gasteiger partial charge in [0.05, 0.1) is 4.92 Å². The van der Waals surface area contributed by atoms with E-state index >= 15 is 0 Å². The third-order valence-electron chi connectivity index (χ3n) is 2.84. The first-order chi connectivity index (χ1) is 9.06. The molecular formula is C13H20ClN3O3. The largest absolute Gasteiger partial charge is 0.355 e. The van der Waals surface area contributed by atoms with Crippen LogP contribution in [0.15, 0.2) is 24.3 Å². The molecule has 0 heterocycles. The molecule has 1 aromatic rings. The van der Waals surface area contributed by atoms with Gasteiger partial charge in [0, 0.05) is 30.6 Å². The SMILES string of the molecule is CNCC(C)C(=O)NCCc1ccccc1[N+](=O)[O-].Cl. The molecule has 112 valence electrons. The summed E-state index contributed by atoms with van der Waals surface area (Å²) in [5, 5.41) is 16.5. The third-order valence-corrected chi connectivity index (χ3v) is 2.84. The molecule has 0 aliphatic heterocycles. The maximum atomic E-state index is 11.7. The van der Waals surface area contributed by atoms with Gasteiger partial charge in [0.2, 0.25) is 5.91 Å². The van der Waals surface area contributed by atoms with Crippen LogP contribution < -0.4 is 10.6 Å². The van der Waals surface area contributed by atoms with Crippen LogP contribution in [0.5, 0.6) is 0 Å². The molecule has 0 saturated heterocycles. The molecule has 0 radical (unpaired) electrons. The van der Waals surface area contributed by atoms with Crippen molar-refractivity contribution < 1.29 is 9.72 Å². The molecule has 1 rings (SSSR count). The predicted molar refractivity (Wildman–Crippen MR) is 80.1 cm³/mol. The second kappa shape index (κ2) is 9.28. The van der Waals surface area contributed by atoms with E-state index in [4.69, 9.17) is 0 Å². The zero-order chi connectivity index (χ0) is 14.3. The first-order valence-electron chi connectivity index (χ1n) is 6.21. The van der Waals surface area contributed by atoms with Crippen LogP contribution in [0.25, 0.3) is 0 Å². The van der Waals surface area contributed by atoms with Crippen LogP contribution in [-0.2, 0) is 11.2 Å². The average Bonchev–Trinajstić information content (AvgIpc) is 2.39. The summed E-state index contributed by atoms with van der Waals surface area (Å²) in [4.78, 5) is 22.1. The summed E-state index contributed by atoms with van der Waals surface area (Å²) in [6.07, 6.45) is 0.454. The van der Waals surface area contributed by atoms with Crippen LogP contribution in [0, 0.1) is 16.0 Å². The maximum absolute atomic E-state index is 11.7. The lowest BCUT2D eigenvalue weighted by Gasteiger charge is -2.11. The van der Waals surface area contributed by atoms with E-state index in [9.17, 15) is 14.9 Å². The zero-order valence-corrected chi connectivity index (χ0v) is 12.4. The van der Waals surface area contributed by atoms with Crippen LogP contribution in [0.4, 0.5) is 5.69 Å². The first-order valence-corrected chi connectivity index (χ1v) is 6.21.